The number of nitrogens with zero attached hydrogens (tertiary/aromatic N) is 1. The number of carbonyl (C=O) groups excluding carboxylic acids is 1. The Labute approximate surface area is 116 Å². The maximum absolute atomic E-state index is 12.2. The Morgan fingerprint density at radius 2 is 2.22 bits per heavy atom. The van der Waals surface area contributed by atoms with Crippen molar-refractivity contribution in [1.82, 2.24) is 4.90 Å². The summed E-state index contributed by atoms with van der Waals surface area (Å²) in [7, 11) is 0. The molecule has 1 amide bonds. The molecule has 0 fully saturated rings. The highest BCUT2D eigenvalue weighted by Gasteiger charge is 2.17. The van der Waals surface area contributed by atoms with Gasteiger partial charge in [0, 0.05) is 24.5 Å². The predicted molar refractivity (Wildman–Crippen MR) is 76.1 cm³/mol. The lowest BCUT2D eigenvalue weighted by Crippen LogP contribution is -2.33. The minimum atomic E-state index is -0.261. The van der Waals surface area contributed by atoms with E-state index in [1.807, 2.05) is 6.92 Å². The summed E-state index contributed by atoms with van der Waals surface area (Å²) >= 11 is 10.5. The number of rotatable bonds is 5. The predicted octanol–water partition coefficient (Wildman–Crippen LogP) is 2.18. The molecule has 1 aromatic carbocycles. The van der Waals surface area contributed by atoms with Crippen LogP contribution in [0.25, 0.3) is 0 Å². The Hall–Kier alpha value is -1.33. The molecule has 0 aliphatic heterocycles. The molecular formula is C12H15ClN2O2S. The second kappa shape index (κ2) is 6.56. The third kappa shape index (κ3) is 3.85. The molecule has 0 radical (unpaired) electrons. The van der Waals surface area contributed by atoms with Crippen LogP contribution in [0.3, 0.4) is 0 Å². The molecule has 0 heterocycles. The molecule has 0 unspecified atom stereocenters. The average molecular weight is 287 g/mol. The zero-order valence-electron chi connectivity index (χ0n) is 10.0. The molecule has 0 aliphatic carbocycles. The van der Waals surface area contributed by atoms with Gasteiger partial charge in [0.1, 0.15) is 5.75 Å². The van der Waals surface area contributed by atoms with E-state index in [0.29, 0.717) is 29.5 Å². The minimum absolute atomic E-state index is 0.124. The number of nitrogens with two attached hydrogens (primary N) is 1. The lowest BCUT2D eigenvalue weighted by Gasteiger charge is -2.21. The van der Waals surface area contributed by atoms with Crippen LogP contribution in [0.4, 0.5) is 0 Å². The van der Waals surface area contributed by atoms with Crippen molar-refractivity contribution in [3.63, 3.8) is 0 Å². The van der Waals surface area contributed by atoms with Gasteiger partial charge >= 0.3 is 0 Å². The summed E-state index contributed by atoms with van der Waals surface area (Å²) in [5, 5.41) is 10.1. The number of benzene rings is 1. The largest absolute Gasteiger partial charge is 0.507 e. The zero-order valence-corrected chi connectivity index (χ0v) is 11.6. The van der Waals surface area contributed by atoms with Gasteiger partial charge in [-0.2, -0.15) is 0 Å². The van der Waals surface area contributed by atoms with Gasteiger partial charge in [-0.1, -0.05) is 23.8 Å². The number of halogens is 1. The summed E-state index contributed by atoms with van der Waals surface area (Å²) in [5.74, 6) is -0.385. The van der Waals surface area contributed by atoms with E-state index in [4.69, 9.17) is 29.6 Å². The molecule has 0 aliphatic rings. The fourth-order valence-corrected chi connectivity index (χ4v) is 1.76. The molecule has 0 saturated heterocycles. The highest BCUT2D eigenvalue weighted by molar-refractivity contribution is 7.80. The second-order valence-electron chi connectivity index (χ2n) is 3.76. The fourth-order valence-electron chi connectivity index (χ4n) is 1.50. The third-order valence-electron chi connectivity index (χ3n) is 2.49. The number of phenolic OH excluding ortho intramolecular Hbond substituents is 1. The molecule has 6 heteroatoms. The van der Waals surface area contributed by atoms with Crippen molar-refractivity contribution in [2.75, 3.05) is 13.1 Å². The number of carbonyl (C=O) groups is 1. The monoisotopic (exact) mass is 286 g/mol. The number of hydrogen-bond donors (Lipinski definition) is 2. The highest BCUT2D eigenvalue weighted by atomic mass is 35.5. The molecule has 0 bridgehead atoms. The summed E-state index contributed by atoms with van der Waals surface area (Å²) in [4.78, 5) is 14.1. The van der Waals surface area contributed by atoms with Crippen molar-refractivity contribution in [3.8, 4) is 5.75 Å². The van der Waals surface area contributed by atoms with Crippen LogP contribution in [-0.2, 0) is 0 Å². The van der Waals surface area contributed by atoms with E-state index in [9.17, 15) is 9.90 Å². The maximum atomic E-state index is 12.2. The van der Waals surface area contributed by atoms with Gasteiger partial charge in [0.05, 0.1) is 10.6 Å². The maximum Gasteiger partial charge on any atom is 0.257 e. The molecule has 4 nitrogen and oxygen atoms in total. The van der Waals surface area contributed by atoms with E-state index in [-0.39, 0.29) is 17.2 Å². The molecular weight excluding hydrogens is 272 g/mol. The fraction of sp³-hybridized carbons (Fsp3) is 0.333. The first-order chi connectivity index (χ1) is 8.45. The lowest BCUT2D eigenvalue weighted by atomic mass is 10.1. The van der Waals surface area contributed by atoms with Crippen molar-refractivity contribution in [3.05, 3.63) is 28.8 Å². The van der Waals surface area contributed by atoms with E-state index in [2.05, 4.69) is 0 Å². The number of aromatic hydroxyl groups is 1. The van der Waals surface area contributed by atoms with Crippen LogP contribution >= 0.6 is 23.8 Å². The van der Waals surface area contributed by atoms with Crippen molar-refractivity contribution in [2.45, 2.75) is 13.3 Å². The standard InChI is InChI=1S/C12H15ClN2O2S/c1-2-15(6-5-11(14)18)12(17)9-4-3-8(13)7-10(9)16/h3-4,7,16H,2,5-6H2,1H3,(H2,14,18). The molecule has 0 spiro atoms. The molecule has 0 aromatic heterocycles. The molecule has 1 rings (SSSR count). The van der Waals surface area contributed by atoms with Gasteiger partial charge in [-0.3, -0.25) is 4.79 Å². The number of phenols is 1. The van der Waals surface area contributed by atoms with Crippen LogP contribution in [0.5, 0.6) is 5.75 Å². The van der Waals surface area contributed by atoms with Crippen LogP contribution in [0, 0.1) is 0 Å². The summed E-state index contributed by atoms with van der Waals surface area (Å²) in [6, 6.07) is 4.41. The first-order valence-corrected chi connectivity index (χ1v) is 6.30. The van der Waals surface area contributed by atoms with Gasteiger partial charge in [0.25, 0.3) is 5.91 Å². The molecule has 3 N–H and O–H groups in total. The third-order valence-corrected chi connectivity index (χ3v) is 2.93. The summed E-state index contributed by atoms with van der Waals surface area (Å²) in [6.45, 7) is 2.81. The van der Waals surface area contributed by atoms with Crippen LogP contribution in [0.2, 0.25) is 5.02 Å². The van der Waals surface area contributed by atoms with E-state index in [1.165, 1.54) is 12.1 Å². The number of thiocarbonyl (C=S) groups is 1. The van der Waals surface area contributed by atoms with E-state index >= 15 is 0 Å². The highest BCUT2D eigenvalue weighted by Crippen LogP contribution is 2.23. The Kier molecular flexibility index (Phi) is 5.37. The molecule has 98 valence electrons. The summed E-state index contributed by atoms with van der Waals surface area (Å²) in [5.41, 5.74) is 5.64. The Bertz CT molecular complexity index is 465. The SMILES string of the molecule is CCN(CCC(N)=S)C(=O)c1ccc(Cl)cc1O. The van der Waals surface area contributed by atoms with Crippen LogP contribution in [-0.4, -0.2) is 34.0 Å². The van der Waals surface area contributed by atoms with Crippen molar-refractivity contribution < 1.29 is 9.90 Å². The topological polar surface area (TPSA) is 66.6 Å². The van der Waals surface area contributed by atoms with Gasteiger partial charge in [0.2, 0.25) is 0 Å². The minimum Gasteiger partial charge on any atom is -0.507 e. The van der Waals surface area contributed by atoms with Crippen molar-refractivity contribution >= 4 is 34.7 Å². The zero-order chi connectivity index (χ0) is 13.7. The van der Waals surface area contributed by atoms with E-state index < -0.39 is 0 Å². The first-order valence-electron chi connectivity index (χ1n) is 5.51. The van der Waals surface area contributed by atoms with Crippen molar-refractivity contribution in [1.29, 1.82) is 0 Å². The number of hydrogen-bond acceptors (Lipinski definition) is 3. The van der Waals surface area contributed by atoms with Crippen LogP contribution in [0.1, 0.15) is 23.7 Å². The van der Waals surface area contributed by atoms with Gasteiger partial charge in [0.15, 0.2) is 0 Å². The van der Waals surface area contributed by atoms with E-state index in [1.54, 1.807) is 11.0 Å². The Morgan fingerprint density at radius 3 is 2.72 bits per heavy atom. The first kappa shape index (κ1) is 14.7. The average Bonchev–Trinajstić information content (AvgIpc) is 2.29. The van der Waals surface area contributed by atoms with Gasteiger partial charge in [-0.05, 0) is 25.1 Å². The molecule has 0 atom stereocenters. The van der Waals surface area contributed by atoms with Gasteiger partial charge in [-0.15, -0.1) is 0 Å². The van der Waals surface area contributed by atoms with Crippen LogP contribution < -0.4 is 5.73 Å². The smallest absolute Gasteiger partial charge is 0.257 e. The van der Waals surface area contributed by atoms with Crippen LogP contribution in [0.15, 0.2) is 18.2 Å². The normalized spacial score (nSPS) is 10.1. The quantitative estimate of drug-likeness (QED) is 0.814. The van der Waals surface area contributed by atoms with E-state index in [0.717, 1.165) is 0 Å². The van der Waals surface area contributed by atoms with Gasteiger partial charge < -0.3 is 15.7 Å². The summed E-state index contributed by atoms with van der Waals surface area (Å²) < 4.78 is 0. The second-order valence-corrected chi connectivity index (χ2v) is 4.72. The van der Waals surface area contributed by atoms with Gasteiger partial charge in [-0.25, -0.2) is 0 Å². The molecule has 18 heavy (non-hydrogen) atoms. The molecule has 1 aromatic rings. The lowest BCUT2D eigenvalue weighted by molar-refractivity contribution is 0.0766. The Balaban J connectivity index is 2.86. The summed E-state index contributed by atoms with van der Waals surface area (Å²) in [6.07, 6.45) is 0.462. The van der Waals surface area contributed by atoms with Crippen molar-refractivity contribution in [2.24, 2.45) is 5.73 Å². The Morgan fingerprint density at radius 1 is 1.56 bits per heavy atom. The number of amides is 1. The molecule has 0 saturated carbocycles.